The highest BCUT2D eigenvalue weighted by atomic mass is 16.5. The van der Waals surface area contributed by atoms with Gasteiger partial charge in [0.2, 0.25) is 0 Å². The summed E-state index contributed by atoms with van der Waals surface area (Å²) in [5.74, 6) is 0.868. The third-order valence-electron chi connectivity index (χ3n) is 5.81. The number of hydrogen-bond donors (Lipinski definition) is 1. The summed E-state index contributed by atoms with van der Waals surface area (Å²) in [5.41, 5.74) is 2.96. The monoisotopic (exact) mass is 479 g/mol. The molecule has 0 aliphatic rings. The van der Waals surface area contributed by atoms with E-state index in [-0.39, 0.29) is 11.5 Å². The zero-order valence-corrected chi connectivity index (χ0v) is 19.8. The number of nitrogens with one attached hydrogen (secondary N) is 1. The molecule has 0 aliphatic heterocycles. The lowest BCUT2D eigenvalue weighted by molar-refractivity contribution is 0.0949. The Balaban J connectivity index is 1.25. The Labute approximate surface area is 207 Å². The molecular weight excluding hydrogens is 454 g/mol. The average molecular weight is 480 g/mol. The summed E-state index contributed by atoms with van der Waals surface area (Å²) in [6.45, 7) is 3.14. The van der Waals surface area contributed by atoms with Crippen LogP contribution in [0.5, 0.6) is 11.5 Å². The van der Waals surface area contributed by atoms with Crippen LogP contribution in [0.2, 0.25) is 0 Å². The number of benzene rings is 3. The first kappa shape index (κ1) is 23.0. The van der Waals surface area contributed by atoms with Gasteiger partial charge in [-0.25, -0.2) is 9.67 Å². The zero-order chi connectivity index (χ0) is 24.9. The van der Waals surface area contributed by atoms with E-state index in [0.717, 1.165) is 5.56 Å². The Morgan fingerprint density at radius 3 is 2.53 bits per heavy atom. The topological polar surface area (TPSA) is 91.0 Å². The van der Waals surface area contributed by atoms with Crippen molar-refractivity contribution < 1.29 is 9.53 Å². The van der Waals surface area contributed by atoms with Gasteiger partial charge in [-0.3, -0.25) is 14.2 Å². The number of nitrogens with zero attached hydrogens (tertiary/aromatic N) is 4. The summed E-state index contributed by atoms with van der Waals surface area (Å²) in [4.78, 5) is 30.3. The highest BCUT2D eigenvalue weighted by Crippen LogP contribution is 2.24. The Kier molecular flexibility index (Phi) is 6.57. The average Bonchev–Trinajstić information content (AvgIpc) is 3.31. The van der Waals surface area contributed by atoms with Crippen molar-refractivity contribution in [1.29, 1.82) is 0 Å². The molecule has 1 N–H and O–H groups in total. The van der Waals surface area contributed by atoms with Crippen molar-refractivity contribution in [2.45, 2.75) is 20.0 Å². The lowest BCUT2D eigenvalue weighted by Crippen LogP contribution is -2.28. The van der Waals surface area contributed by atoms with Crippen molar-refractivity contribution in [2.75, 3.05) is 6.54 Å². The van der Waals surface area contributed by atoms with Crippen LogP contribution in [0.15, 0.2) is 96.2 Å². The number of carbonyl (C=O) groups excluding carboxylic acids is 1. The molecule has 1 amide bonds. The number of ether oxygens (including phenoxy) is 1. The van der Waals surface area contributed by atoms with Crippen molar-refractivity contribution in [3.63, 3.8) is 0 Å². The van der Waals surface area contributed by atoms with Gasteiger partial charge in [0, 0.05) is 6.54 Å². The highest BCUT2D eigenvalue weighted by molar-refractivity contribution is 5.97. The number of fused-ring (bicyclic) bond motifs is 1. The minimum atomic E-state index is -0.258. The van der Waals surface area contributed by atoms with E-state index in [9.17, 15) is 9.59 Å². The smallest absolute Gasteiger partial charge is 0.264 e. The zero-order valence-electron chi connectivity index (χ0n) is 19.8. The maximum Gasteiger partial charge on any atom is 0.264 e. The van der Waals surface area contributed by atoms with E-state index in [1.807, 2.05) is 67.6 Å². The van der Waals surface area contributed by atoms with E-state index < -0.39 is 0 Å². The first-order valence-electron chi connectivity index (χ1n) is 11.6. The molecule has 0 spiro atoms. The molecule has 0 unspecified atom stereocenters. The van der Waals surface area contributed by atoms with Gasteiger partial charge in [-0.1, -0.05) is 60.2 Å². The van der Waals surface area contributed by atoms with Crippen LogP contribution in [-0.2, 0) is 13.1 Å². The Hall–Kier alpha value is -4.72. The second-order valence-electron chi connectivity index (χ2n) is 8.44. The number of amides is 1. The van der Waals surface area contributed by atoms with Crippen molar-refractivity contribution in [3.05, 3.63) is 118 Å². The molecule has 0 aliphatic carbocycles. The SMILES string of the molecule is Cc1ccc(Cn2cnc3c(cnn3CCNC(=O)c3ccccc3Oc3ccccc3)c2=O)cc1. The van der Waals surface area contributed by atoms with Crippen molar-refractivity contribution >= 4 is 16.9 Å². The van der Waals surface area contributed by atoms with Crippen LogP contribution >= 0.6 is 0 Å². The summed E-state index contributed by atoms with van der Waals surface area (Å²) in [6.07, 6.45) is 3.07. The van der Waals surface area contributed by atoms with Crippen LogP contribution in [0.1, 0.15) is 21.5 Å². The number of aromatic nitrogens is 4. The number of hydrogen-bond acceptors (Lipinski definition) is 5. The van der Waals surface area contributed by atoms with Crippen LogP contribution in [0, 0.1) is 6.92 Å². The quantitative estimate of drug-likeness (QED) is 0.361. The minimum absolute atomic E-state index is 0.150. The first-order chi connectivity index (χ1) is 17.6. The molecular formula is C28H25N5O3. The summed E-state index contributed by atoms with van der Waals surface area (Å²) < 4.78 is 9.09. The summed E-state index contributed by atoms with van der Waals surface area (Å²) in [7, 11) is 0. The highest BCUT2D eigenvalue weighted by Gasteiger charge is 2.14. The van der Waals surface area contributed by atoms with Crippen LogP contribution in [-0.4, -0.2) is 31.8 Å². The largest absolute Gasteiger partial charge is 0.457 e. The number of para-hydroxylation sites is 2. The summed E-state index contributed by atoms with van der Waals surface area (Å²) >= 11 is 0. The van der Waals surface area contributed by atoms with Crippen molar-refractivity contribution in [2.24, 2.45) is 0 Å². The predicted molar refractivity (Wildman–Crippen MR) is 137 cm³/mol. The third-order valence-corrected chi connectivity index (χ3v) is 5.81. The molecule has 5 rings (SSSR count). The molecule has 2 heterocycles. The van der Waals surface area contributed by atoms with E-state index in [4.69, 9.17) is 4.74 Å². The molecule has 0 atom stereocenters. The fourth-order valence-corrected chi connectivity index (χ4v) is 3.89. The fourth-order valence-electron chi connectivity index (χ4n) is 3.89. The standard InChI is InChI=1S/C28H25N5O3/c1-20-11-13-21(14-12-20)18-32-19-30-26-24(28(32)35)17-31-33(26)16-15-29-27(34)23-9-5-6-10-25(23)36-22-7-3-2-4-8-22/h2-14,17,19H,15-16,18H2,1H3,(H,29,34). The molecule has 0 saturated heterocycles. The van der Waals surface area contributed by atoms with Gasteiger partial charge in [0.05, 0.1) is 24.8 Å². The molecule has 3 aromatic carbocycles. The Bertz CT molecular complexity index is 1560. The number of carbonyl (C=O) groups is 1. The van der Waals surface area contributed by atoms with E-state index in [0.29, 0.717) is 47.7 Å². The van der Waals surface area contributed by atoms with Gasteiger partial charge < -0.3 is 10.1 Å². The van der Waals surface area contributed by atoms with Crippen molar-refractivity contribution in [3.8, 4) is 11.5 Å². The van der Waals surface area contributed by atoms with Gasteiger partial charge in [0.15, 0.2) is 5.65 Å². The van der Waals surface area contributed by atoms with Crippen molar-refractivity contribution in [1.82, 2.24) is 24.6 Å². The first-order valence-corrected chi connectivity index (χ1v) is 11.6. The van der Waals surface area contributed by atoms with Crippen LogP contribution in [0.25, 0.3) is 11.0 Å². The molecule has 0 radical (unpaired) electrons. The molecule has 180 valence electrons. The molecule has 0 fully saturated rings. The normalized spacial score (nSPS) is 10.9. The van der Waals surface area contributed by atoms with E-state index in [1.165, 1.54) is 11.8 Å². The summed E-state index contributed by atoms with van der Waals surface area (Å²) in [5, 5.41) is 7.67. The minimum Gasteiger partial charge on any atom is -0.457 e. The Morgan fingerprint density at radius 2 is 1.72 bits per heavy atom. The molecule has 0 saturated carbocycles. The van der Waals surface area contributed by atoms with Gasteiger partial charge in [0.25, 0.3) is 11.5 Å². The van der Waals surface area contributed by atoms with E-state index in [1.54, 1.807) is 33.8 Å². The summed E-state index contributed by atoms with van der Waals surface area (Å²) in [6, 6.07) is 24.4. The lowest BCUT2D eigenvalue weighted by Gasteiger charge is -2.11. The van der Waals surface area contributed by atoms with Gasteiger partial charge in [0.1, 0.15) is 23.2 Å². The predicted octanol–water partition coefficient (Wildman–Crippen LogP) is 4.17. The molecule has 8 nitrogen and oxygen atoms in total. The Morgan fingerprint density at radius 1 is 0.972 bits per heavy atom. The van der Waals surface area contributed by atoms with Gasteiger partial charge in [-0.15, -0.1) is 0 Å². The van der Waals surface area contributed by atoms with Crippen LogP contribution in [0.3, 0.4) is 0 Å². The second-order valence-corrected chi connectivity index (χ2v) is 8.44. The molecule has 0 bridgehead atoms. The molecule has 36 heavy (non-hydrogen) atoms. The number of aryl methyl sites for hydroxylation is 1. The third kappa shape index (κ3) is 5.02. The second kappa shape index (κ2) is 10.3. The molecule has 2 aromatic heterocycles. The van der Waals surface area contributed by atoms with Crippen LogP contribution in [0.4, 0.5) is 0 Å². The van der Waals surface area contributed by atoms with E-state index in [2.05, 4.69) is 15.4 Å². The lowest BCUT2D eigenvalue weighted by atomic mass is 10.1. The van der Waals surface area contributed by atoms with E-state index >= 15 is 0 Å². The van der Waals surface area contributed by atoms with Gasteiger partial charge >= 0.3 is 0 Å². The maximum absolute atomic E-state index is 13.0. The van der Waals surface area contributed by atoms with Crippen LogP contribution < -0.4 is 15.6 Å². The number of rotatable bonds is 8. The van der Waals surface area contributed by atoms with Gasteiger partial charge in [-0.05, 0) is 36.8 Å². The maximum atomic E-state index is 13.0. The molecule has 5 aromatic rings. The fraction of sp³-hybridized carbons (Fsp3) is 0.143. The molecule has 8 heteroatoms. The van der Waals surface area contributed by atoms with Gasteiger partial charge in [-0.2, -0.15) is 5.10 Å².